The van der Waals surface area contributed by atoms with Gasteiger partial charge in [-0.25, -0.2) is 9.97 Å². The molecule has 1 spiro atoms. The van der Waals surface area contributed by atoms with E-state index in [0.717, 1.165) is 64.4 Å². The van der Waals surface area contributed by atoms with Crippen molar-refractivity contribution in [3.8, 4) is 0 Å². The molecule has 0 bridgehead atoms. The lowest BCUT2D eigenvalue weighted by Crippen LogP contribution is -2.47. The highest BCUT2D eigenvalue weighted by atomic mass is 16.5. The van der Waals surface area contributed by atoms with E-state index in [4.69, 9.17) is 4.74 Å². The molecule has 0 saturated carbocycles. The summed E-state index contributed by atoms with van der Waals surface area (Å²) >= 11 is 0. The molecule has 1 aromatic heterocycles. The Bertz CT molecular complexity index is 561. The van der Waals surface area contributed by atoms with E-state index in [1.807, 2.05) is 11.0 Å². The summed E-state index contributed by atoms with van der Waals surface area (Å²) < 4.78 is 5.57. The number of likely N-dealkylation sites (tertiary alicyclic amines) is 1. The summed E-state index contributed by atoms with van der Waals surface area (Å²) in [5, 5.41) is 0. The van der Waals surface area contributed by atoms with Crippen molar-refractivity contribution in [3.63, 3.8) is 0 Å². The van der Waals surface area contributed by atoms with Crippen LogP contribution in [0, 0.1) is 5.41 Å². The Kier molecular flexibility index (Phi) is 3.93. The van der Waals surface area contributed by atoms with Gasteiger partial charge in [0.15, 0.2) is 0 Å². The molecule has 0 N–H and O–H groups in total. The average Bonchev–Trinajstić information content (AvgIpc) is 3.26. The number of ether oxygens (including phenoxy) is 1. The lowest BCUT2D eigenvalue weighted by molar-refractivity contribution is -0.140. The largest absolute Gasteiger partial charge is 0.368 e. The molecule has 3 aliphatic heterocycles. The molecule has 3 aliphatic rings. The zero-order chi connectivity index (χ0) is 15.7. The second-order valence-electron chi connectivity index (χ2n) is 7.09. The van der Waals surface area contributed by atoms with Crippen molar-refractivity contribution in [2.45, 2.75) is 38.2 Å². The van der Waals surface area contributed by atoms with Crippen molar-refractivity contribution >= 4 is 11.9 Å². The van der Waals surface area contributed by atoms with Crippen LogP contribution in [0.5, 0.6) is 0 Å². The number of aromatic nitrogens is 2. The van der Waals surface area contributed by atoms with E-state index in [-0.39, 0.29) is 17.4 Å². The molecule has 1 unspecified atom stereocenters. The van der Waals surface area contributed by atoms with Crippen molar-refractivity contribution in [2.24, 2.45) is 5.41 Å². The molecule has 4 heterocycles. The summed E-state index contributed by atoms with van der Waals surface area (Å²) in [7, 11) is 0. The van der Waals surface area contributed by atoms with Gasteiger partial charge in [-0.2, -0.15) is 0 Å². The third-order valence-electron chi connectivity index (χ3n) is 5.45. The highest BCUT2D eigenvalue weighted by molar-refractivity contribution is 5.81. The maximum Gasteiger partial charge on any atom is 0.251 e. The Hall–Kier alpha value is -1.69. The van der Waals surface area contributed by atoms with Crippen molar-refractivity contribution in [2.75, 3.05) is 37.7 Å². The quantitative estimate of drug-likeness (QED) is 0.827. The molecule has 4 rings (SSSR count). The first-order valence-electron chi connectivity index (χ1n) is 8.68. The SMILES string of the molecule is O=C([C@H]1CCCO1)N1CCC2(CCCN(c3ncccn3)C2)C1. The van der Waals surface area contributed by atoms with Crippen LogP contribution in [0.4, 0.5) is 5.95 Å². The number of nitrogens with zero attached hydrogens (tertiary/aromatic N) is 4. The fourth-order valence-electron chi connectivity index (χ4n) is 4.27. The van der Waals surface area contributed by atoms with Crippen LogP contribution in [0.2, 0.25) is 0 Å². The summed E-state index contributed by atoms with van der Waals surface area (Å²) in [6, 6.07) is 1.85. The van der Waals surface area contributed by atoms with Gasteiger partial charge in [-0.15, -0.1) is 0 Å². The Morgan fingerprint density at radius 3 is 2.83 bits per heavy atom. The van der Waals surface area contributed by atoms with Gasteiger partial charge in [0.1, 0.15) is 6.10 Å². The highest BCUT2D eigenvalue weighted by Crippen LogP contribution is 2.40. The van der Waals surface area contributed by atoms with Gasteiger partial charge in [0.05, 0.1) is 0 Å². The molecule has 0 aliphatic carbocycles. The van der Waals surface area contributed by atoms with Gasteiger partial charge < -0.3 is 14.5 Å². The van der Waals surface area contributed by atoms with Gasteiger partial charge in [0.2, 0.25) is 5.95 Å². The third-order valence-corrected chi connectivity index (χ3v) is 5.45. The van der Waals surface area contributed by atoms with E-state index >= 15 is 0 Å². The molecule has 2 atom stereocenters. The van der Waals surface area contributed by atoms with Gasteiger partial charge >= 0.3 is 0 Å². The predicted octanol–water partition coefficient (Wildman–Crippen LogP) is 1.47. The molecule has 1 aromatic rings. The first-order valence-corrected chi connectivity index (χ1v) is 8.68. The molecule has 0 radical (unpaired) electrons. The minimum absolute atomic E-state index is 0.192. The number of hydrogen-bond donors (Lipinski definition) is 0. The standard InChI is InChI=1S/C17H24N4O2/c22-15(14-4-1-11-23-14)20-10-6-17(12-20)5-2-9-21(13-17)16-18-7-3-8-19-16/h3,7-8,14H,1-2,4-6,9-13H2/t14-,17?/m1/s1. The van der Waals surface area contributed by atoms with E-state index in [1.165, 1.54) is 6.42 Å². The number of hydrogen-bond acceptors (Lipinski definition) is 5. The van der Waals surface area contributed by atoms with Crippen LogP contribution in [0.15, 0.2) is 18.5 Å². The summed E-state index contributed by atoms with van der Waals surface area (Å²) in [4.78, 5) is 25.7. The van der Waals surface area contributed by atoms with E-state index in [0.29, 0.717) is 0 Å². The van der Waals surface area contributed by atoms with Gasteiger partial charge in [-0.05, 0) is 38.2 Å². The van der Waals surface area contributed by atoms with Gasteiger partial charge in [0.25, 0.3) is 5.91 Å². The van der Waals surface area contributed by atoms with Crippen LogP contribution in [0.3, 0.4) is 0 Å². The first kappa shape index (κ1) is 14.9. The molecule has 23 heavy (non-hydrogen) atoms. The fraction of sp³-hybridized carbons (Fsp3) is 0.706. The van der Waals surface area contributed by atoms with Crippen molar-refractivity contribution in [1.29, 1.82) is 0 Å². The van der Waals surface area contributed by atoms with Gasteiger partial charge in [-0.1, -0.05) is 0 Å². The third kappa shape index (κ3) is 2.92. The second-order valence-corrected chi connectivity index (χ2v) is 7.09. The van der Waals surface area contributed by atoms with Crippen molar-refractivity contribution in [3.05, 3.63) is 18.5 Å². The van der Waals surface area contributed by atoms with Gasteiger partial charge in [-0.3, -0.25) is 4.79 Å². The molecule has 0 aromatic carbocycles. The fourth-order valence-corrected chi connectivity index (χ4v) is 4.27. The normalized spacial score (nSPS) is 31.0. The molecular weight excluding hydrogens is 292 g/mol. The lowest BCUT2D eigenvalue weighted by atomic mass is 9.79. The average molecular weight is 316 g/mol. The topological polar surface area (TPSA) is 58.6 Å². The number of carbonyl (C=O) groups is 1. The molecule has 6 heteroatoms. The van der Waals surface area contributed by atoms with E-state index in [9.17, 15) is 4.79 Å². The number of anilines is 1. The predicted molar refractivity (Wildman–Crippen MR) is 86.1 cm³/mol. The maximum absolute atomic E-state index is 12.6. The lowest BCUT2D eigenvalue weighted by Gasteiger charge is -2.40. The Balaban J connectivity index is 1.43. The summed E-state index contributed by atoms with van der Waals surface area (Å²) in [6.07, 6.45) is 8.70. The summed E-state index contributed by atoms with van der Waals surface area (Å²) in [6.45, 7) is 4.41. The summed E-state index contributed by atoms with van der Waals surface area (Å²) in [5.41, 5.74) is 0.200. The minimum atomic E-state index is -0.192. The number of rotatable bonds is 2. The van der Waals surface area contributed by atoms with Crippen LogP contribution in [0.1, 0.15) is 32.1 Å². The number of amides is 1. The molecule has 6 nitrogen and oxygen atoms in total. The first-order chi connectivity index (χ1) is 11.3. The second kappa shape index (κ2) is 6.07. The number of piperidine rings is 1. The smallest absolute Gasteiger partial charge is 0.251 e. The van der Waals surface area contributed by atoms with Crippen molar-refractivity contribution in [1.82, 2.24) is 14.9 Å². The molecule has 124 valence electrons. The zero-order valence-corrected chi connectivity index (χ0v) is 13.5. The van der Waals surface area contributed by atoms with E-state index < -0.39 is 0 Å². The van der Waals surface area contributed by atoms with Crippen LogP contribution in [-0.4, -0.2) is 59.7 Å². The van der Waals surface area contributed by atoms with Crippen LogP contribution >= 0.6 is 0 Å². The molecular formula is C17H24N4O2. The van der Waals surface area contributed by atoms with E-state index in [1.54, 1.807) is 12.4 Å². The Labute approximate surface area is 136 Å². The van der Waals surface area contributed by atoms with Crippen LogP contribution < -0.4 is 4.90 Å². The summed E-state index contributed by atoms with van der Waals surface area (Å²) in [5.74, 6) is 1.02. The maximum atomic E-state index is 12.6. The Morgan fingerprint density at radius 1 is 1.17 bits per heavy atom. The molecule has 1 amide bonds. The molecule has 3 fully saturated rings. The van der Waals surface area contributed by atoms with E-state index in [2.05, 4.69) is 14.9 Å². The molecule has 3 saturated heterocycles. The van der Waals surface area contributed by atoms with Crippen molar-refractivity contribution < 1.29 is 9.53 Å². The van der Waals surface area contributed by atoms with Gasteiger partial charge in [0, 0.05) is 50.6 Å². The minimum Gasteiger partial charge on any atom is -0.368 e. The number of carbonyl (C=O) groups excluding carboxylic acids is 1. The highest BCUT2D eigenvalue weighted by Gasteiger charge is 2.44. The monoisotopic (exact) mass is 316 g/mol. The zero-order valence-electron chi connectivity index (χ0n) is 13.5. The van der Waals surface area contributed by atoms with Crippen LogP contribution in [-0.2, 0) is 9.53 Å². The van der Waals surface area contributed by atoms with Crippen LogP contribution in [0.25, 0.3) is 0 Å². The Morgan fingerprint density at radius 2 is 2.04 bits per heavy atom.